The molecule has 2 aliphatic rings. The molecule has 2 fully saturated rings. The second kappa shape index (κ2) is 4.08. The fraction of sp³-hybridized carbons (Fsp3) is 1.00. The zero-order chi connectivity index (χ0) is 10.9. The van der Waals surface area contributed by atoms with Gasteiger partial charge in [-0.2, -0.15) is 0 Å². The zero-order valence-electron chi connectivity index (χ0n) is 10.7. The van der Waals surface area contributed by atoms with Crippen LogP contribution in [-0.4, -0.2) is 13.1 Å². The monoisotopic (exact) mass is 209 g/mol. The predicted octanol–water partition coefficient (Wildman–Crippen LogP) is 3.59. The third-order valence-electron chi connectivity index (χ3n) is 5.07. The lowest BCUT2D eigenvalue weighted by atomic mass is 9.65. The Balaban J connectivity index is 1.87. The van der Waals surface area contributed by atoms with E-state index in [0.717, 1.165) is 11.3 Å². The first kappa shape index (κ1) is 11.4. The van der Waals surface area contributed by atoms with E-state index in [4.69, 9.17) is 0 Å². The first-order valence-electron chi connectivity index (χ1n) is 6.83. The molecule has 15 heavy (non-hydrogen) atoms. The Hall–Kier alpha value is -0.0400. The first-order valence-corrected chi connectivity index (χ1v) is 6.83. The van der Waals surface area contributed by atoms with Crippen molar-refractivity contribution in [3.63, 3.8) is 0 Å². The molecule has 0 amide bonds. The highest BCUT2D eigenvalue weighted by Gasteiger charge is 2.61. The van der Waals surface area contributed by atoms with Gasteiger partial charge in [0.2, 0.25) is 0 Å². The van der Waals surface area contributed by atoms with Crippen molar-refractivity contribution in [2.24, 2.45) is 16.7 Å². The molecule has 1 N–H and O–H groups in total. The minimum Gasteiger partial charge on any atom is -0.316 e. The highest BCUT2D eigenvalue weighted by molar-refractivity contribution is 5.11. The summed E-state index contributed by atoms with van der Waals surface area (Å²) in [5, 5.41) is 3.61. The van der Waals surface area contributed by atoms with E-state index in [1.165, 1.54) is 51.6 Å². The van der Waals surface area contributed by atoms with Crippen LogP contribution in [0.2, 0.25) is 0 Å². The smallest absolute Gasteiger partial charge is 0.00148 e. The first-order chi connectivity index (χ1) is 7.12. The van der Waals surface area contributed by atoms with Gasteiger partial charge in [0.1, 0.15) is 0 Å². The Morgan fingerprint density at radius 3 is 2.60 bits per heavy atom. The van der Waals surface area contributed by atoms with Crippen molar-refractivity contribution >= 4 is 0 Å². The molecule has 1 spiro atoms. The number of nitrogens with one attached hydrogen (secondary N) is 1. The van der Waals surface area contributed by atoms with Crippen molar-refractivity contribution < 1.29 is 0 Å². The molecule has 0 bridgehead atoms. The van der Waals surface area contributed by atoms with Gasteiger partial charge in [0.15, 0.2) is 0 Å². The second-order valence-electron chi connectivity index (χ2n) is 6.35. The average molecular weight is 209 g/mol. The minimum atomic E-state index is 0.615. The van der Waals surface area contributed by atoms with Crippen molar-refractivity contribution in [3.05, 3.63) is 0 Å². The molecule has 2 unspecified atom stereocenters. The van der Waals surface area contributed by atoms with Crippen LogP contribution in [0.15, 0.2) is 0 Å². The van der Waals surface area contributed by atoms with Gasteiger partial charge in [0.05, 0.1) is 0 Å². The zero-order valence-corrected chi connectivity index (χ0v) is 10.7. The highest BCUT2D eigenvalue weighted by Crippen LogP contribution is 2.69. The summed E-state index contributed by atoms with van der Waals surface area (Å²) in [6.45, 7) is 9.74. The maximum atomic E-state index is 3.61. The molecule has 0 aromatic carbocycles. The Kier molecular flexibility index (Phi) is 3.12. The van der Waals surface area contributed by atoms with Crippen molar-refractivity contribution in [2.75, 3.05) is 13.1 Å². The van der Waals surface area contributed by atoms with E-state index in [1.807, 2.05) is 0 Å². The van der Waals surface area contributed by atoms with Crippen LogP contribution in [0, 0.1) is 16.7 Å². The predicted molar refractivity (Wildman–Crippen MR) is 65.9 cm³/mol. The van der Waals surface area contributed by atoms with Crippen LogP contribution >= 0.6 is 0 Å². The molecule has 0 aromatic heterocycles. The van der Waals surface area contributed by atoms with E-state index in [9.17, 15) is 0 Å². The van der Waals surface area contributed by atoms with Crippen molar-refractivity contribution in [3.8, 4) is 0 Å². The standard InChI is InChI=1S/C14H27N/c1-4-9-15-11-12-10-14(12)8-6-5-7-13(14,2)3/h12,15H,4-11H2,1-3H3. The van der Waals surface area contributed by atoms with E-state index < -0.39 is 0 Å². The van der Waals surface area contributed by atoms with Crippen molar-refractivity contribution in [1.29, 1.82) is 0 Å². The fourth-order valence-electron chi connectivity index (χ4n) is 3.83. The van der Waals surface area contributed by atoms with E-state index in [0.29, 0.717) is 5.41 Å². The maximum Gasteiger partial charge on any atom is -0.00148 e. The topological polar surface area (TPSA) is 12.0 Å². The van der Waals surface area contributed by atoms with Crippen LogP contribution in [0.4, 0.5) is 0 Å². The van der Waals surface area contributed by atoms with Gasteiger partial charge >= 0.3 is 0 Å². The summed E-state index contributed by atoms with van der Waals surface area (Å²) in [6.07, 6.45) is 8.66. The van der Waals surface area contributed by atoms with Gasteiger partial charge in [-0.1, -0.05) is 33.6 Å². The lowest BCUT2D eigenvalue weighted by molar-refractivity contribution is 0.0980. The van der Waals surface area contributed by atoms with E-state index in [-0.39, 0.29) is 0 Å². The molecule has 2 aliphatic carbocycles. The van der Waals surface area contributed by atoms with Gasteiger partial charge in [-0.15, -0.1) is 0 Å². The maximum absolute atomic E-state index is 3.61. The number of rotatable bonds is 4. The quantitative estimate of drug-likeness (QED) is 0.698. The third kappa shape index (κ3) is 1.95. The summed E-state index contributed by atoms with van der Waals surface area (Å²) in [7, 11) is 0. The summed E-state index contributed by atoms with van der Waals surface area (Å²) in [4.78, 5) is 0. The summed E-state index contributed by atoms with van der Waals surface area (Å²) in [5.74, 6) is 0.986. The summed E-state index contributed by atoms with van der Waals surface area (Å²) in [6, 6.07) is 0. The molecular weight excluding hydrogens is 182 g/mol. The van der Waals surface area contributed by atoms with Gasteiger partial charge in [0, 0.05) is 0 Å². The molecule has 1 nitrogen and oxygen atoms in total. The molecule has 0 radical (unpaired) electrons. The van der Waals surface area contributed by atoms with Crippen molar-refractivity contribution in [2.45, 2.75) is 59.3 Å². The molecule has 2 rings (SSSR count). The molecule has 0 heterocycles. The third-order valence-corrected chi connectivity index (χ3v) is 5.07. The normalized spacial score (nSPS) is 38.2. The Labute approximate surface area is 95.0 Å². The summed E-state index contributed by atoms with van der Waals surface area (Å²) >= 11 is 0. The molecule has 2 atom stereocenters. The molecule has 0 aromatic rings. The Morgan fingerprint density at radius 2 is 1.93 bits per heavy atom. The molecule has 0 aliphatic heterocycles. The fourth-order valence-corrected chi connectivity index (χ4v) is 3.83. The minimum absolute atomic E-state index is 0.615. The molecule has 0 saturated heterocycles. The summed E-state index contributed by atoms with van der Waals surface area (Å²) < 4.78 is 0. The van der Waals surface area contributed by atoms with Gasteiger partial charge in [-0.25, -0.2) is 0 Å². The summed E-state index contributed by atoms with van der Waals surface area (Å²) in [5.41, 5.74) is 1.34. The van der Waals surface area contributed by atoms with Gasteiger partial charge in [-0.05, 0) is 55.5 Å². The van der Waals surface area contributed by atoms with E-state index in [1.54, 1.807) is 0 Å². The van der Waals surface area contributed by atoms with E-state index >= 15 is 0 Å². The van der Waals surface area contributed by atoms with Crippen LogP contribution in [0.5, 0.6) is 0 Å². The Morgan fingerprint density at radius 1 is 1.20 bits per heavy atom. The van der Waals surface area contributed by atoms with Gasteiger partial charge < -0.3 is 5.32 Å². The van der Waals surface area contributed by atoms with E-state index in [2.05, 4.69) is 26.1 Å². The lowest BCUT2D eigenvalue weighted by Crippen LogP contribution is -2.33. The van der Waals surface area contributed by atoms with Crippen molar-refractivity contribution in [1.82, 2.24) is 5.32 Å². The molecule has 1 heteroatoms. The Bertz CT molecular complexity index is 221. The largest absolute Gasteiger partial charge is 0.316 e. The van der Waals surface area contributed by atoms with Gasteiger partial charge in [-0.3, -0.25) is 0 Å². The second-order valence-corrected chi connectivity index (χ2v) is 6.35. The highest BCUT2D eigenvalue weighted by atomic mass is 14.9. The van der Waals surface area contributed by atoms with Crippen LogP contribution in [0.1, 0.15) is 59.3 Å². The van der Waals surface area contributed by atoms with Crippen LogP contribution in [0.25, 0.3) is 0 Å². The molecule has 2 saturated carbocycles. The van der Waals surface area contributed by atoms with Crippen LogP contribution in [0.3, 0.4) is 0 Å². The lowest BCUT2D eigenvalue weighted by Gasteiger charge is -2.40. The molecular formula is C14H27N. The SMILES string of the molecule is CCCNCC1CC12CCCCC2(C)C. The molecule has 88 valence electrons. The van der Waals surface area contributed by atoms with Crippen LogP contribution < -0.4 is 5.32 Å². The van der Waals surface area contributed by atoms with Gasteiger partial charge in [0.25, 0.3) is 0 Å². The van der Waals surface area contributed by atoms with Crippen LogP contribution in [-0.2, 0) is 0 Å². The number of hydrogen-bond donors (Lipinski definition) is 1. The average Bonchev–Trinajstić information content (AvgIpc) is 2.87. The number of hydrogen-bond acceptors (Lipinski definition) is 1.